The first kappa shape index (κ1) is 13.9. The van der Waals surface area contributed by atoms with Crippen molar-refractivity contribution in [1.82, 2.24) is 0 Å². The molecule has 6 heteroatoms. The maximum atomic E-state index is 11.9. The summed E-state index contributed by atoms with van der Waals surface area (Å²) in [5.41, 5.74) is 8.91. The lowest BCUT2D eigenvalue weighted by atomic mass is 10.0. The summed E-state index contributed by atoms with van der Waals surface area (Å²) in [5.74, 6) is 0. The number of anilines is 3. The Hall–Kier alpha value is -2.05. The van der Waals surface area contributed by atoms with Crippen molar-refractivity contribution in [3.8, 4) is 0 Å². The number of aryl methyl sites for hydroxylation is 1. The molecule has 3 rings (SSSR count). The first-order chi connectivity index (χ1) is 9.97. The van der Waals surface area contributed by atoms with Gasteiger partial charge in [0.2, 0.25) is 10.0 Å². The van der Waals surface area contributed by atoms with E-state index in [1.165, 1.54) is 11.6 Å². The maximum Gasteiger partial charge on any atom is 0.240 e. The van der Waals surface area contributed by atoms with Gasteiger partial charge < -0.3 is 10.6 Å². The summed E-state index contributed by atoms with van der Waals surface area (Å²) in [6.07, 6.45) is 1.96. The molecule has 1 aliphatic heterocycles. The number of nitrogens with zero attached hydrogens (tertiary/aromatic N) is 1. The number of nitrogens with two attached hydrogens (primary N) is 2. The topological polar surface area (TPSA) is 89.4 Å². The Morgan fingerprint density at radius 1 is 1.05 bits per heavy atom. The minimum atomic E-state index is -3.83. The highest BCUT2D eigenvalue weighted by Gasteiger charge is 2.23. The number of para-hydroxylation sites is 1. The van der Waals surface area contributed by atoms with E-state index < -0.39 is 10.0 Å². The molecule has 0 bridgehead atoms. The molecule has 0 saturated heterocycles. The van der Waals surface area contributed by atoms with Gasteiger partial charge in [-0.05, 0) is 42.7 Å². The first-order valence-corrected chi connectivity index (χ1v) is 8.29. The van der Waals surface area contributed by atoms with E-state index in [2.05, 4.69) is 6.07 Å². The Morgan fingerprint density at radius 2 is 1.81 bits per heavy atom. The number of fused-ring (bicyclic) bond motifs is 1. The quantitative estimate of drug-likeness (QED) is 0.830. The lowest BCUT2D eigenvalue weighted by molar-refractivity contribution is 0.597. The largest absolute Gasteiger partial charge is 0.399 e. The molecule has 0 unspecified atom stereocenters. The van der Waals surface area contributed by atoms with Crippen LogP contribution < -0.4 is 15.8 Å². The van der Waals surface area contributed by atoms with Crippen LogP contribution in [0.4, 0.5) is 17.1 Å². The highest BCUT2D eigenvalue weighted by molar-refractivity contribution is 7.89. The third-order valence-electron chi connectivity index (χ3n) is 3.69. The van der Waals surface area contributed by atoms with Crippen LogP contribution in [0.2, 0.25) is 0 Å². The smallest absolute Gasteiger partial charge is 0.240 e. The van der Waals surface area contributed by atoms with Crippen LogP contribution in [0.25, 0.3) is 0 Å². The fraction of sp³-hybridized carbons (Fsp3) is 0.200. The second-order valence-electron chi connectivity index (χ2n) is 5.16. The summed E-state index contributed by atoms with van der Waals surface area (Å²) in [6.45, 7) is 0.753. The molecule has 0 fully saturated rings. The lowest BCUT2D eigenvalue weighted by Crippen LogP contribution is -2.27. The summed E-state index contributed by atoms with van der Waals surface area (Å²) in [4.78, 5) is 2.07. The van der Waals surface area contributed by atoms with Crippen molar-refractivity contribution < 1.29 is 8.42 Å². The van der Waals surface area contributed by atoms with Crippen LogP contribution in [0.15, 0.2) is 47.4 Å². The number of benzene rings is 2. The fourth-order valence-electron chi connectivity index (χ4n) is 2.77. The van der Waals surface area contributed by atoms with Gasteiger partial charge in [-0.1, -0.05) is 18.2 Å². The van der Waals surface area contributed by atoms with E-state index in [-0.39, 0.29) is 4.90 Å². The van der Waals surface area contributed by atoms with Crippen molar-refractivity contribution in [2.45, 2.75) is 17.7 Å². The number of hydrogen-bond acceptors (Lipinski definition) is 4. The van der Waals surface area contributed by atoms with Gasteiger partial charge in [0, 0.05) is 17.9 Å². The summed E-state index contributed by atoms with van der Waals surface area (Å²) in [6, 6.07) is 12.8. The SMILES string of the molecule is Nc1ccc(N2CCCc3ccccc32)c(S(N)(=O)=O)c1. The van der Waals surface area contributed by atoms with Crippen LogP contribution in [0, 0.1) is 0 Å². The van der Waals surface area contributed by atoms with Crippen molar-refractivity contribution in [2.24, 2.45) is 5.14 Å². The van der Waals surface area contributed by atoms with E-state index in [9.17, 15) is 8.42 Å². The average molecular weight is 303 g/mol. The molecule has 110 valence electrons. The molecule has 2 aromatic carbocycles. The molecule has 5 nitrogen and oxygen atoms in total. The van der Waals surface area contributed by atoms with E-state index in [4.69, 9.17) is 10.9 Å². The van der Waals surface area contributed by atoms with Crippen LogP contribution in [0.3, 0.4) is 0 Å². The second kappa shape index (κ2) is 5.05. The molecule has 1 heterocycles. The summed E-state index contributed by atoms with van der Waals surface area (Å²) < 4.78 is 23.7. The van der Waals surface area contributed by atoms with Gasteiger partial charge in [-0.15, -0.1) is 0 Å². The molecule has 2 aromatic rings. The molecular weight excluding hydrogens is 286 g/mol. The highest BCUT2D eigenvalue weighted by atomic mass is 32.2. The highest BCUT2D eigenvalue weighted by Crippen LogP contribution is 2.37. The van der Waals surface area contributed by atoms with Crippen LogP contribution in [0.5, 0.6) is 0 Å². The van der Waals surface area contributed by atoms with Gasteiger partial charge in [0.05, 0.1) is 5.69 Å². The minimum absolute atomic E-state index is 0.0687. The lowest BCUT2D eigenvalue weighted by Gasteiger charge is -2.32. The standard InChI is InChI=1S/C15H17N3O2S/c16-12-7-8-14(15(10-12)21(17,19)20)18-9-3-5-11-4-1-2-6-13(11)18/h1-2,4,6-8,10H,3,5,9,16H2,(H2,17,19,20). The second-order valence-corrected chi connectivity index (χ2v) is 6.69. The fourth-order valence-corrected chi connectivity index (χ4v) is 3.54. The molecule has 0 amide bonds. The monoisotopic (exact) mass is 303 g/mol. The summed E-state index contributed by atoms with van der Waals surface area (Å²) >= 11 is 0. The molecule has 21 heavy (non-hydrogen) atoms. The van der Waals surface area contributed by atoms with Gasteiger partial charge in [0.15, 0.2) is 0 Å². The molecule has 0 radical (unpaired) electrons. The number of nitrogen functional groups attached to an aromatic ring is 1. The Labute approximate surface area is 124 Å². The predicted octanol–water partition coefficient (Wildman–Crippen LogP) is 2.00. The van der Waals surface area contributed by atoms with Gasteiger partial charge in [0.1, 0.15) is 4.90 Å². The zero-order chi connectivity index (χ0) is 15.0. The number of hydrogen-bond donors (Lipinski definition) is 2. The van der Waals surface area contributed by atoms with Gasteiger partial charge in [-0.3, -0.25) is 0 Å². The Morgan fingerprint density at radius 3 is 2.57 bits per heavy atom. The molecule has 0 aromatic heterocycles. The normalized spacial score (nSPS) is 14.8. The van der Waals surface area contributed by atoms with Crippen molar-refractivity contribution in [2.75, 3.05) is 17.2 Å². The van der Waals surface area contributed by atoms with Gasteiger partial charge in [-0.2, -0.15) is 0 Å². The van der Waals surface area contributed by atoms with Crippen LogP contribution in [-0.2, 0) is 16.4 Å². The Balaban J connectivity index is 2.19. The minimum Gasteiger partial charge on any atom is -0.399 e. The van der Waals surface area contributed by atoms with E-state index >= 15 is 0 Å². The van der Waals surface area contributed by atoms with Crippen molar-refractivity contribution >= 4 is 27.1 Å². The number of primary sulfonamides is 1. The summed E-state index contributed by atoms with van der Waals surface area (Å²) in [7, 11) is -3.83. The molecule has 0 aliphatic carbocycles. The zero-order valence-electron chi connectivity index (χ0n) is 11.5. The van der Waals surface area contributed by atoms with Crippen LogP contribution in [0.1, 0.15) is 12.0 Å². The Kier molecular flexibility index (Phi) is 3.35. The molecule has 0 atom stereocenters. The predicted molar refractivity (Wildman–Crippen MR) is 84.0 cm³/mol. The average Bonchev–Trinajstić information content (AvgIpc) is 2.46. The molecular formula is C15H17N3O2S. The third kappa shape index (κ3) is 2.59. The maximum absolute atomic E-state index is 11.9. The molecule has 0 saturated carbocycles. The zero-order valence-corrected chi connectivity index (χ0v) is 12.3. The van der Waals surface area contributed by atoms with Crippen LogP contribution in [-0.4, -0.2) is 15.0 Å². The van der Waals surface area contributed by atoms with Crippen LogP contribution >= 0.6 is 0 Å². The molecule has 4 N–H and O–H groups in total. The van der Waals surface area contributed by atoms with E-state index in [0.717, 1.165) is 25.1 Å². The number of sulfonamides is 1. The Bertz CT molecular complexity index is 787. The molecule has 1 aliphatic rings. The first-order valence-electron chi connectivity index (χ1n) is 6.74. The van der Waals surface area contributed by atoms with Crippen molar-refractivity contribution in [3.05, 3.63) is 48.0 Å². The number of rotatable bonds is 2. The van der Waals surface area contributed by atoms with Crippen molar-refractivity contribution in [1.29, 1.82) is 0 Å². The van der Waals surface area contributed by atoms with Gasteiger partial charge in [0.25, 0.3) is 0 Å². The van der Waals surface area contributed by atoms with Crippen molar-refractivity contribution in [3.63, 3.8) is 0 Å². The van der Waals surface area contributed by atoms with E-state index in [1.54, 1.807) is 12.1 Å². The molecule has 0 spiro atoms. The summed E-state index contributed by atoms with van der Waals surface area (Å²) in [5, 5.41) is 5.34. The van der Waals surface area contributed by atoms with Gasteiger partial charge >= 0.3 is 0 Å². The van der Waals surface area contributed by atoms with E-state index in [1.807, 2.05) is 23.1 Å². The van der Waals surface area contributed by atoms with Gasteiger partial charge in [-0.25, -0.2) is 13.6 Å². The van der Waals surface area contributed by atoms with E-state index in [0.29, 0.717) is 11.4 Å². The third-order valence-corrected chi connectivity index (χ3v) is 4.63.